The molecule has 3 nitrogen and oxygen atoms in total. The van der Waals surface area contributed by atoms with Gasteiger partial charge in [-0.2, -0.15) is 0 Å². The van der Waals surface area contributed by atoms with Gasteiger partial charge >= 0.3 is 0 Å². The highest BCUT2D eigenvalue weighted by Gasteiger charge is 2.21. The first kappa shape index (κ1) is 18.7. The van der Waals surface area contributed by atoms with Gasteiger partial charge < -0.3 is 9.47 Å². The fraction of sp³-hybridized carbons (Fsp3) is 0.571. The molecular weight excluding hydrogens is 300 g/mol. The number of hydrogen-bond donors (Lipinski definition) is 0. The van der Waals surface area contributed by atoms with Gasteiger partial charge in [0, 0.05) is 0 Å². The van der Waals surface area contributed by atoms with E-state index in [1.165, 1.54) is 50.2 Å². The Morgan fingerprint density at radius 2 is 1.88 bits per heavy atom. The predicted molar refractivity (Wildman–Crippen MR) is 97.6 cm³/mol. The van der Waals surface area contributed by atoms with Crippen molar-refractivity contribution in [1.29, 1.82) is 0 Å². The monoisotopic (exact) mass is 330 g/mol. The summed E-state index contributed by atoms with van der Waals surface area (Å²) in [7, 11) is 0. The van der Waals surface area contributed by atoms with E-state index in [1.54, 1.807) is 0 Å². The van der Waals surface area contributed by atoms with Crippen molar-refractivity contribution in [3.63, 3.8) is 0 Å². The molecule has 3 heteroatoms. The second-order valence-electron chi connectivity index (χ2n) is 6.65. The highest BCUT2D eigenvalue weighted by molar-refractivity contribution is 5.90. The van der Waals surface area contributed by atoms with Crippen LogP contribution in [0.25, 0.3) is 0 Å². The molecule has 132 valence electrons. The molecule has 2 rings (SSSR count). The molecule has 1 fully saturated rings. The van der Waals surface area contributed by atoms with E-state index >= 15 is 0 Å². The summed E-state index contributed by atoms with van der Waals surface area (Å²) in [6.07, 6.45) is 9.35. The van der Waals surface area contributed by atoms with E-state index < -0.39 is 0 Å². The van der Waals surface area contributed by atoms with Crippen molar-refractivity contribution in [3.05, 3.63) is 42.5 Å². The van der Waals surface area contributed by atoms with Gasteiger partial charge in [0.05, 0.1) is 6.61 Å². The van der Waals surface area contributed by atoms with Gasteiger partial charge in [-0.25, -0.2) is 0 Å². The zero-order chi connectivity index (χ0) is 17.2. The zero-order valence-corrected chi connectivity index (χ0v) is 14.8. The Morgan fingerprint density at radius 1 is 1.17 bits per heavy atom. The summed E-state index contributed by atoms with van der Waals surface area (Å²) in [6, 6.07) is 8.48. The Bertz CT molecular complexity index is 498. The number of rotatable bonds is 10. The number of ether oxygens (including phenoxy) is 2. The molecule has 24 heavy (non-hydrogen) atoms. The number of carbonyl (C=O) groups excluding carboxylic acids is 1. The molecular formula is C21H30O3. The van der Waals surface area contributed by atoms with Gasteiger partial charge in [-0.15, -0.1) is 0 Å². The van der Waals surface area contributed by atoms with Gasteiger partial charge in [0.1, 0.15) is 19.0 Å². The molecule has 0 saturated heterocycles. The summed E-state index contributed by atoms with van der Waals surface area (Å²) in [5.41, 5.74) is 1.44. The minimum absolute atomic E-state index is 0.0759. The van der Waals surface area contributed by atoms with Crippen LogP contribution in [-0.4, -0.2) is 25.6 Å². The molecule has 1 saturated carbocycles. The van der Waals surface area contributed by atoms with E-state index in [0.29, 0.717) is 19.1 Å². The van der Waals surface area contributed by atoms with Crippen molar-refractivity contribution in [2.45, 2.75) is 51.4 Å². The predicted octanol–water partition coefficient (Wildman–Crippen LogP) is 4.91. The molecule has 0 aliphatic heterocycles. The lowest BCUT2D eigenvalue weighted by Gasteiger charge is -2.28. The summed E-state index contributed by atoms with van der Waals surface area (Å²) >= 11 is 0. The van der Waals surface area contributed by atoms with Gasteiger partial charge in [-0.1, -0.05) is 38.5 Å². The summed E-state index contributed by atoms with van der Waals surface area (Å²) in [4.78, 5) is 11.0. The van der Waals surface area contributed by atoms with Gasteiger partial charge in [0.15, 0.2) is 5.78 Å². The van der Waals surface area contributed by atoms with Gasteiger partial charge in [-0.05, 0) is 61.3 Å². The largest absolute Gasteiger partial charge is 0.491 e. The number of hydrogen-bond acceptors (Lipinski definition) is 3. The first-order valence-corrected chi connectivity index (χ1v) is 9.18. The molecule has 0 unspecified atom stereocenters. The van der Waals surface area contributed by atoms with E-state index in [4.69, 9.17) is 9.47 Å². The number of ketones is 1. The quantitative estimate of drug-likeness (QED) is 0.451. The van der Waals surface area contributed by atoms with Crippen LogP contribution in [0.1, 0.15) is 56.9 Å². The van der Waals surface area contributed by atoms with Crippen LogP contribution >= 0.6 is 0 Å². The summed E-state index contributed by atoms with van der Waals surface area (Å²) in [5.74, 6) is 2.41. The molecule has 1 aromatic carbocycles. The Labute approximate surface area is 146 Å². The lowest BCUT2D eigenvalue weighted by atomic mass is 9.77. The first-order valence-electron chi connectivity index (χ1n) is 9.18. The number of carbonyl (C=O) groups is 1. The molecule has 0 amide bonds. The molecule has 0 heterocycles. The van der Waals surface area contributed by atoms with E-state index in [0.717, 1.165) is 11.7 Å². The van der Waals surface area contributed by atoms with E-state index in [2.05, 4.69) is 25.6 Å². The first-order chi connectivity index (χ1) is 11.7. The van der Waals surface area contributed by atoms with Crippen molar-refractivity contribution < 1.29 is 14.3 Å². The fourth-order valence-corrected chi connectivity index (χ4v) is 3.48. The molecule has 1 aliphatic carbocycles. The average Bonchev–Trinajstić information content (AvgIpc) is 2.63. The third kappa shape index (κ3) is 6.12. The Kier molecular flexibility index (Phi) is 8.03. The third-order valence-corrected chi connectivity index (χ3v) is 4.86. The molecule has 1 aliphatic rings. The van der Waals surface area contributed by atoms with E-state index in [-0.39, 0.29) is 12.4 Å². The van der Waals surface area contributed by atoms with Crippen LogP contribution in [0.15, 0.2) is 36.9 Å². The Morgan fingerprint density at radius 3 is 2.50 bits per heavy atom. The van der Waals surface area contributed by atoms with E-state index in [1.807, 2.05) is 12.1 Å². The topological polar surface area (TPSA) is 35.5 Å². The smallest absolute Gasteiger partial charge is 0.180 e. The molecule has 0 bridgehead atoms. The average molecular weight is 330 g/mol. The summed E-state index contributed by atoms with van der Waals surface area (Å²) < 4.78 is 10.9. The van der Waals surface area contributed by atoms with Crippen molar-refractivity contribution in [1.82, 2.24) is 0 Å². The van der Waals surface area contributed by atoms with Crippen molar-refractivity contribution in [2.24, 2.45) is 5.92 Å². The van der Waals surface area contributed by atoms with Gasteiger partial charge in [0.25, 0.3) is 0 Å². The molecule has 0 aromatic heterocycles. The molecule has 0 radical (unpaired) electrons. The van der Waals surface area contributed by atoms with Crippen molar-refractivity contribution in [3.8, 4) is 5.75 Å². The maximum Gasteiger partial charge on any atom is 0.180 e. The second-order valence-corrected chi connectivity index (χ2v) is 6.65. The molecule has 0 atom stereocenters. The number of benzene rings is 1. The maximum absolute atomic E-state index is 11.0. The van der Waals surface area contributed by atoms with Crippen LogP contribution in [-0.2, 0) is 9.53 Å². The van der Waals surface area contributed by atoms with E-state index in [9.17, 15) is 4.79 Å². The van der Waals surface area contributed by atoms with Crippen LogP contribution in [0.2, 0.25) is 0 Å². The standard InChI is InChI=1S/C21H30O3/c1-3-5-17-6-8-18(9-7-17)19-10-12-21(13-11-19)24-15-14-23-16-20(22)4-2/h4,10-13,17-18H,2-3,5-9,14-16H2,1H3. The second kappa shape index (κ2) is 10.3. The SMILES string of the molecule is C=CC(=O)COCCOc1ccc(C2CCC(CCC)CC2)cc1. The fourth-order valence-electron chi connectivity index (χ4n) is 3.48. The Hall–Kier alpha value is -1.61. The van der Waals surface area contributed by atoms with Gasteiger partial charge in [-0.3, -0.25) is 4.79 Å². The van der Waals surface area contributed by atoms with Crippen LogP contribution in [0, 0.1) is 5.92 Å². The minimum Gasteiger partial charge on any atom is -0.491 e. The highest BCUT2D eigenvalue weighted by Crippen LogP contribution is 2.37. The summed E-state index contributed by atoms with van der Waals surface area (Å²) in [5, 5.41) is 0. The molecule has 0 N–H and O–H groups in total. The lowest BCUT2D eigenvalue weighted by Crippen LogP contribution is -2.13. The van der Waals surface area contributed by atoms with Crippen molar-refractivity contribution >= 4 is 5.78 Å². The van der Waals surface area contributed by atoms with Gasteiger partial charge in [0.2, 0.25) is 0 Å². The molecule has 1 aromatic rings. The molecule has 0 spiro atoms. The van der Waals surface area contributed by atoms with Crippen molar-refractivity contribution in [2.75, 3.05) is 19.8 Å². The lowest BCUT2D eigenvalue weighted by molar-refractivity contribution is -0.119. The highest BCUT2D eigenvalue weighted by atomic mass is 16.5. The van der Waals surface area contributed by atoms with Crippen LogP contribution in [0.5, 0.6) is 5.75 Å². The third-order valence-electron chi connectivity index (χ3n) is 4.86. The van der Waals surface area contributed by atoms with Crippen LogP contribution in [0.3, 0.4) is 0 Å². The van der Waals surface area contributed by atoms with Crippen LogP contribution < -0.4 is 4.74 Å². The Balaban J connectivity index is 1.69. The summed E-state index contributed by atoms with van der Waals surface area (Å²) in [6.45, 7) is 6.62. The zero-order valence-electron chi connectivity index (χ0n) is 14.8. The maximum atomic E-state index is 11.0. The van der Waals surface area contributed by atoms with Crippen LogP contribution in [0.4, 0.5) is 0 Å². The normalized spacial score (nSPS) is 20.5. The minimum atomic E-state index is -0.104.